The lowest BCUT2D eigenvalue weighted by molar-refractivity contribution is -0.116. The summed E-state index contributed by atoms with van der Waals surface area (Å²) in [6.45, 7) is 3.38. The first-order valence-electron chi connectivity index (χ1n) is 9.55. The van der Waals surface area contributed by atoms with E-state index >= 15 is 0 Å². The molecule has 4 aromatic rings. The zero-order valence-electron chi connectivity index (χ0n) is 16.6. The highest BCUT2D eigenvalue weighted by Crippen LogP contribution is 2.20. The monoisotopic (exact) mass is 401 g/mol. The van der Waals surface area contributed by atoms with Gasteiger partial charge in [-0.2, -0.15) is 0 Å². The number of hydrogen-bond acceptors (Lipinski definition) is 3. The highest BCUT2D eigenvalue weighted by Gasteiger charge is 2.16. The number of para-hydroxylation sites is 1. The smallest absolute Gasteiger partial charge is 0.262 e. The van der Waals surface area contributed by atoms with Gasteiger partial charge in [-0.15, -0.1) is 0 Å². The summed E-state index contributed by atoms with van der Waals surface area (Å²) in [6, 6.07) is 19.1. The molecule has 0 aliphatic heterocycles. The van der Waals surface area contributed by atoms with Gasteiger partial charge in [-0.05, 0) is 43.7 Å². The van der Waals surface area contributed by atoms with Crippen LogP contribution in [0.15, 0.2) is 71.5 Å². The summed E-state index contributed by atoms with van der Waals surface area (Å²) >= 11 is 0. The Hall–Kier alpha value is -3.80. The minimum absolute atomic E-state index is 0.241. The highest BCUT2D eigenvalue weighted by atomic mass is 19.1. The molecule has 0 saturated carbocycles. The van der Waals surface area contributed by atoms with E-state index in [0.717, 1.165) is 11.1 Å². The number of fused-ring (bicyclic) bond motifs is 1. The zero-order valence-corrected chi connectivity index (χ0v) is 16.6. The maximum absolute atomic E-state index is 13.8. The Balaban J connectivity index is 1.76. The van der Waals surface area contributed by atoms with Crippen molar-refractivity contribution in [2.24, 2.45) is 0 Å². The van der Waals surface area contributed by atoms with E-state index in [0.29, 0.717) is 28.0 Å². The quantitative estimate of drug-likeness (QED) is 0.549. The molecule has 6 heteroatoms. The molecule has 0 aliphatic rings. The van der Waals surface area contributed by atoms with Crippen molar-refractivity contribution >= 4 is 22.5 Å². The maximum Gasteiger partial charge on any atom is 0.262 e. The third-order valence-corrected chi connectivity index (χ3v) is 4.93. The van der Waals surface area contributed by atoms with Crippen molar-refractivity contribution in [3.05, 3.63) is 94.0 Å². The fourth-order valence-corrected chi connectivity index (χ4v) is 3.25. The van der Waals surface area contributed by atoms with Gasteiger partial charge < -0.3 is 5.32 Å². The molecule has 1 aromatic heterocycles. The predicted octanol–water partition coefficient (Wildman–Crippen LogP) is 4.46. The number of nitrogens with one attached hydrogen (secondary N) is 1. The zero-order chi connectivity index (χ0) is 21.3. The van der Waals surface area contributed by atoms with E-state index in [1.54, 1.807) is 37.3 Å². The van der Waals surface area contributed by atoms with Gasteiger partial charge in [-0.1, -0.05) is 48.0 Å². The van der Waals surface area contributed by atoms with E-state index in [1.807, 2.05) is 37.3 Å². The number of aromatic nitrogens is 2. The van der Waals surface area contributed by atoms with Gasteiger partial charge in [0.15, 0.2) is 0 Å². The van der Waals surface area contributed by atoms with E-state index in [4.69, 9.17) is 0 Å². The minimum atomic E-state index is -0.439. The number of anilines is 1. The number of hydrogen-bond donors (Lipinski definition) is 1. The maximum atomic E-state index is 13.8. The normalized spacial score (nSPS) is 10.9. The number of aryl methyl sites for hydroxylation is 2. The van der Waals surface area contributed by atoms with E-state index in [-0.39, 0.29) is 12.1 Å². The first-order chi connectivity index (χ1) is 14.4. The fourth-order valence-electron chi connectivity index (χ4n) is 3.25. The fraction of sp³-hybridized carbons (Fsp3) is 0.125. The van der Waals surface area contributed by atoms with Crippen molar-refractivity contribution in [3.63, 3.8) is 0 Å². The van der Waals surface area contributed by atoms with Crippen molar-refractivity contribution in [3.8, 4) is 11.4 Å². The van der Waals surface area contributed by atoms with Crippen LogP contribution in [-0.4, -0.2) is 15.5 Å². The van der Waals surface area contributed by atoms with Crippen LogP contribution in [0.1, 0.15) is 11.1 Å². The molecule has 0 atom stereocenters. The Morgan fingerprint density at radius 1 is 1.03 bits per heavy atom. The van der Waals surface area contributed by atoms with Crippen LogP contribution in [0.3, 0.4) is 0 Å². The molecule has 1 N–H and O–H groups in total. The van der Waals surface area contributed by atoms with Crippen molar-refractivity contribution in [1.82, 2.24) is 9.55 Å². The van der Waals surface area contributed by atoms with Crippen LogP contribution in [0.4, 0.5) is 10.1 Å². The van der Waals surface area contributed by atoms with Gasteiger partial charge in [0.25, 0.3) is 5.56 Å². The van der Waals surface area contributed by atoms with E-state index in [1.165, 1.54) is 10.6 Å². The summed E-state index contributed by atoms with van der Waals surface area (Å²) in [5, 5.41) is 3.09. The molecule has 5 nitrogen and oxygen atoms in total. The molecule has 0 unspecified atom stereocenters. The number of nitrogens with zero attached hydrogens (tertiary/aromatic N) is 2. The molecular formula is C24H20FN3O2. The van der Waals surface area contributed by atoms with Crippen molar-refractivity contribution in [2.45, 2.75) is 20.4 Å². The number of rotatable bonds is 4. The molecule has 1 heterocycles. The first-order valence-corrected chi connectivity index (χ1v) is 9.55. The number of amides is 1. The Labute approximate surface area is 172 Å². The molecule has 0 radical (unpaired) electrons. The minimum Gasteiger partial charge on any atom is -0.324 e. The Morgan fingerprint density at radius 2 is 1.77 bits per heavy atom. The van der Waals surface area contributed by atoms with Gasteiger partial charge in [-0.3, -0.25) is 14.2 Å². The lowest BCUT2D eigenvalue weighted by atomic mass is 10.1. The number of halogens is 1. The van der Waals surface area contributed by atoms with Gasteiger partial charge >= 0.3 is 0 Å². The summed E-state index contributed by atoms with van der Waals surface area (Å²) in [7, 11) is 0. The molecule has 0 aliphatic carbocycles. The standard InChI is InChI=1S/C24H20FN3O2/c1-15-7-10-17(11-8-15)23-27-21-6-4-3-5-19(21)24(30)28(23)14-22(29)26-18-12-9-16(2)20(25)13-18/h3-13H,14H2,1-2H3,(H,26,29). The van der Waals surface area contributed by atoms with Crippen molar-refractivity contribution in [1.29, 1.82) is 0 Å². The number of carbonyl (C=O) groups excluding carboxylic acids is 1. The Bertz CT molecular complexity index is 1310. The molecule has 3 aromatic carbocycles. The van der Waals surface area contributed by atoms with Crippen molar-refractivity contribution in [2.75, 3.05) is 5.32 Å². The van der Waals surface area contributed by atoms with Crippen LogP contribution in [0.2, 0.25) is 0 Å². The van der Waals surface area contributed by atoms with Crippen LogP contribution in [-0.2, 0) is 11.3 Å². The third-order valence-electron chi connectivity index (χ3n) is 4.93. The second-order valence-corrected chi connectivity index (χ2v) is 7.22. The van der Waals surface area contributed by atoms with Crippen LogP contribution in [0.5, 0.6) is 0 Å². The molecule has 0 saturated heterocycles. The molecule has 4 rings (SSSR count). The van der Waals surface area contributed by atoms with Crippen LogP contribution in [0, 0.1) is 19.7 Å². The average molecular weight is 401 g/mol. The van der Waals surface area contributed by atoms with Gasteiger partial charge in [-0.25, -0.2) is 9.37 Å². The Kier molecular flexibility index (Phi) is 5.14. The predicted molar refractivity (Wildman–Crippen MR) is 116 cm³/mol. The van der Waals surface area contributed by atoms with Gasteiger partial charge in [0.05, 0.1) is 10.9 Å². The lowest BCUT2D eigenvalue weighted by Crippen LogP contribution is -2.30. The summed E-state index contributed by atoms with van der Waals surface area (Å²) in [5.41, 5.74) is 2.90. The first kappa shape index (κ1) is 19.5. The Morgan fingerprint density at radius 3 is 2.50 bits per heavy atom. The molecular weight excluding hydrogens is 381 g/mol. The second-order valence-electron chi connectivity index (χ2n) is 7.22. The SMILES string of the molecule is Cc1ccc(-c2nc3ccccc3c(=O)n2CC(=O)Nc2ccc(C)c(F)c2)cc1. The summed E-state index contributed by atoms with van der Waals surface area (Å²) < 4.78 is 15.2. The van der Waals surface area contributed by atoms with Crippen LogP contribution in [0.25, 0.3) is 22.3 Å². The summed E-state index contributed by atoms with van der Waals surface area (Å²) in [5.74, 6) is -0.438. The van der Waals surface area contributed by atoms with Crippen LogP contribution >= 0.6 is 0 Å². The molecule has 0 fully saturated rings. The number of carbonyl (C=O) groups is 1. The van der Waals surface area contributed by atoms with E-state index in [9.17, 15) is 14.0 Å². The molecule has 30 heavy (non-hydrogen) atoms. The van der Waals surface area contributed by atoms with E-state index < -0.39 is 11.7 Å². The van der Waals surface area contributed by atoms with Gasteiger partial charge in [0.1, 0.15) is 18.2 Å². The van der Waals surface area contributed by atoms with Crippen molar-refractivity contribution < 1.29 is 9.18 Å². The largest absolute Gasteiger partial charge is 0.324 e. The molecule has 0 bridgehead atoms. The average Bonchev–Trinajstić information content (AvgIpc) is 2.73. The summed E-state index contributed by atoms with van der Waals surface area (Å²) in [6.07, 6.45) is 0. The highest BCUT2D eigenvalue weighted by molar-refractivity contribution is 5.91. The molecule has 1 amide bonds. The molecule has 0 spiro atoms. The topological polar surface area (TPSA) is 64.0 Å². The van der Waals surface area contributed by atoms with E-state index in [2.05, 4.69) is 10.3 Å². The van der Waals surface area contributed by atoms with Gasteiger partial charge in [0, 0.05) is 11.3 Å². The van der Waals surface area contributed by atoms with Gasteiger partial charge in [0.2, 0.25) is 5.91 Å². The molecule has 150 valence electrons. The third kappa shape index (κ3) is 3.85. The lowest BCUT2D eigenvalue weighted by Gasteiger charge is -2.14. The second kappa shape index (κ2) is 7.91. The number of benzene rings is 3. The van der Waals surface area contributed by atoms with Crippen LogP contribution < -0.4 is 10.9 Å². The summed E-state index contributed by atoms with van der Waals surface area (Å²) in [4.78, 5) is 30.5.